The van der Waals surface area contributed by atoms with Crippen LogP contribution in [-0.2, 0) is 5.41 Å². The molecule has 1 aliphatic heterocycles. The first-order chi connectivity index (χ1) is 8.18. The fraction of sp³-hybridized carbons (Fsp3) is 0.692. The van der Waals surface area contributed by atoms with Crippen molar-refractivity contribution in [2.24, 2.45) is 0 Å². The lowest BCUT2D eigenvalue weighted by atomic mass is 9.91. The van der Waals surface area contributed by atoms with E-state index in [1.807, 2.05) is 11.3 Å². The summed E-state index contributed by atoms with van der Waals surface area (Å²) in [5, 5.41) is 9.12. The Hall–Kier alpha value is -0.420. The Kier molecular flexibility index (Phi) is 4.56. The smallest absolute Gasteiger partial charge is 0.0481 e. The molecular weight excluding hydrogens is 230 g/mol. The standard InChI is InChI=1S/C13H23N3S/c1-13(2,12-4-3-9-17-12)10-15-11-16-7-5-14-6-8-16/h3-4,9,14-15H,5-8,10-11H2,1-2H3. The summed E-state index contributed by atoms with van der Waals surface area (Å²) in [4.78, 5) is 3.94. The molecule has 1 saturated heterocycles. The minimum atomic E-state index is 0.238. The van der Waals surface area contributed by atoms with E-state index in [2.05, 4.69) is 46.9 Å². The molecule has 0 atom stereocenters. The number of thiophene rings is 1. The van der Waals surface area contributed by atoms with Gasteiger partial charge in [-0.05, 0) is 11.4 Å². The third-order valence-corrected chi connectivity index (χ3v) is 4.54. The van der Waals surface area contributed by atoms with Crippen molar-refractivity contribution in [2.45, 2.75) is 19.3 Å². The van der Waals surface area contributed by atoms with Crippen LogP contribution in [-0.4, -0.2) is 44.3 Å². The number of nitrogens with one attached hydrogen (secondary N) is 2. The van der Waals surface area contributed by atoms with E-state index in [4.69, 9.17) is 0 Å². The third-order valence-electron chi connectivity index (χ3n) is 3.30. The molecule has 2 heterocycles. The van der Waals surface area contributed by atoms with Crippen LogP contribution < -0.4 is 10.6 Å². The Morgan fingerprint density at radius 3 is 2.82 bits per heavy atom. The molecule has 0 aliphatic carbocycles. The van der Waals surface area contributed by atoms with Crippen molar-refractivity contribution in [1.82, 2.24) is 15.5 Å². The summed E-state index contributed by atoms with van der Waals surface area (Å²) < 4.78 is 0. The van der Waals surface area contributed by atoms with E-state index in [0.717, 1.165) is 39.4 Å². The zero-order chi connectivity index (χ0) is 12.1. The molecule has 96 valence electrons. The quantitative estimate of drug-likeness (QED) is 0.832. The van der Waals surface area contributed by atoms with Crippen LogP contribution in [0.15, 0.2) is 17.5 Å². The van der Waals surface area contributed by atoms with Gasteiger partial charge in [0.05, 0.1) is 0 Å². The van der Waals surface area contributed by atoms with Crippen molar-refractivity contribution in [3.8, 4) is 0 Å². The number of rotatable bonds is 5. The Morgan fingerprint density at radius 1 is 1.41 bits per heavy atom. The van der Waals surface area contributed by atoms with Gasteiger partial charge in [-0.15, -0.1) is 11.3 Å². The minimum absolute atomic E-state index is 0.238. The highest BCUT2D eigenvalue weighted by molar-refractivity contribution is 7.10. The second kappa shape index (κ2) is 5.96. The van der Waals surface area contributed by atoms with Crippen molar-refractivity contribution in [1.29, 1.82) is 0 Å². The zero-order valence-corrected chi connectivity index (χ0v) is 11.6. The molecule has 0 unspecified atom stereocenters. The average Bonchev–Trinajstić information content (AvgIpc) is 2.84. The van der Waals surface area contributed by atoms with Crippen LogP contribution in [0.5, 0.6) is 0 Å². The first-order valence-electron chi connectivity index (χ1n) is 6.36. The predicted molar refractivity (Wildman–Crippen MR) is 74.7 cm³/mol. The molecule has 1 fully saturated rings. The molecule has 17 heavy (non-hydrogen) atoms. The summed E-state index contributed by atoms with van der Waals surface area (Å²) in [7, 11) is 0. The average molecular weight is 253 g/mol. The van der Waals surface area contributed by atoms with Gasteiger partial charge in [0.15, 0.2) is 0 Å². The van der Waals surface area contributed by atoms with Gasteiger partial charge in [-0.25, -0.2) is 0 Å². The fourth-order valence-electron chi connectivity index (χ4n) is 2.15. The van der Waals surface area contributed by atoms with E-state index < -0.39 is 0 Å². The highest BCUT2D eigenvalue weighted by atomic mass is 32.1. The summed E-state index contributed by atoms with van der Waals surface area (Å²) in [6, 6.07) is 4.37. The largest absolute Gasteiger partial charge is 0.314 e. The maximum atomic E-state index is 3.59. The van der Waals surface area contributed by atoms with Crippen LogP contribution >= 0.6 is 11.3 Å². The van der Waals surface area contributed by atoms with Crippen LogP contribution in [0, 0.1) is 0 Å². The number of hydrogen-bond acceptors (Lipinski definition) is 4. The van der Waals surface area contributed by atoms with Crippen molar-refractivity contribution >= 4 is 11.3 Å². The van der Waals surface area contributed by atoms with E-state index in [1.54, 1.807) is 0 Å². The van der Waals surface area contributed by atoms with E-state index in [-0.39, 0.29) is 5.41 Å². The van der Waals surface area contributed by atoms with E-state index >= 15 is 0 Å². The van der Waals surface area contributed by atoms with Crippen molar-refractivity contribution < 1.29 is 0 Å². The second-order valence-corrected chi connectivity index (χ2v) is 6.26. The Balaban J connectivity index is 1.74. The van der Waals surface area contributed by atoms with E-state index in [9.17, 15) is 0 Å². The molecule has 1 aromatic heterocycles. The monoisotopic (exact) mass is 253 g/mol. The van der Waals surface area contributed by atoms with Crippen molar-refractivity contribution in [3.05, 3.63) is 22.4 Å². The van der Waals surface area contributed by atoms with E-state index in [1.165, 1.54) is 4.88 Å². The lowest BCUT2D eigenvalue weighted by Gasteiger charge is -2.30. The fourth-order valence-corrected chi connectivity index (χ4v) is 3.00. The van der Waals surface area contributed by atoms with Crippen molar-refractivity contribution in [2.75, 3.05) is 39.4 Å². The van der Waals surface area contributed by atoms with Gasteiger partial charge in [-0.3, -0.25) is 4.90 Å². The minimum Gasteiger partial charge on any atom is -0.314 e. The van der Waals surface area contributed by atoms with Gasteiger partial charge in [0.2, 0.25) is 0 Å². The van der Waals surface area contributed by atoms with Gasteiger partial charge in [-0.2, -0.15) is 0 Å². The summed E-state index contributed by atoms with van der Waals surface area (Å²) in [6.07, 6.45) is 0. The Morgan fingerprint density at radius 2 is 2.18 bits per heavy atom. The molecule has 4 heteroatoms. The molecule has 1 aromatic rings. The maximum absolute atomic E-state index is 3.59. The lowest BCUT2D eigenvalue weighted by Crippen LogP contribution is -2.48. The molecule has 0 radical (unpaired) electrons. The molecule has 0 saturated carbocycles. The second-order valence-electron chi connectivity index (χ2n) is 5.31. The molecule has 0 spiro atoms. The van der Waals surface area contributed by atoms with Gasteiger partial charge >= 0.3 is 0 Å². The number of nitrogens with zero attached hydrogens (tertiary/aromatic N) is 1. The topological polar surface area (TPSA) is 27.3 Å². The first kappa shape index (κ1) is 13.0. The number of piperazine rings is 1. The van der Waals surface area contributed by atoms with Crippen LogP contribution in [0.4, 0.5) is 0 Å². The molecule has 1 aliphatic rings. The van der Waals surface area contributed by atoms with Gasteiger partial charge < -0.3 is 10.6 Å². The Bertz CT molecular complexity index is 315. The van der Waals surface area contributed by atoms with Gasteiger partial charge in [0, 0.05) is 49.7 Å². The SMILES string of the molecule is CC(C)(CNCN1CCNCC1)c1cccs1. The zero-order valence-electron chi connectivity index (χ0n) is 10.8. The molecule has 2 rings (SSSR count). The van der Waals surface area contributed by atoms with E-state index in [0.29, 0.717) is 0 Å². The maximum Gasteiger partial charge on any atom is 0.0481 e. The first-order valence-corrected chi connectivity index (χ1v) is 7.24. The molecule has 2 N–H and O–H groups in total. The summed E-state index contributed by atoms with van der Waals surface area (Å²) in [6.45, 7) is 11.2. The van der Waals surface area contributed by atoms with Gasteiger partial charge in [0.1, 0.15) is 0 Å². The van der Waals surface area contributed by atoms with Gasteiger partial charge in [0.25, 0.3) is 0 Å². The Labute approximate surface area is 108 Å². The molecule has 0 aromatic carbocycles. The summed E-state index contributed by atoms with van der Waals surface area (Å²) in [5.41, 5.74) is 0.238. The van der Waals surface area contributed by atoms with Crippen molar-refractivity contribution in [3.63, 3.8) is 0 Å². The normalized spacial score (nSPS) is 18.5. The highest BCUT2D eigenvalue weighted by Gasteiger charge is 2.21. The molecule has 3 nitrogen and oxygen atoms in total. The highest BCUT2D eigenvalue weighted by Crippen LogP contribution is 2.26. The summed E-state index contributed by atoms with van der Waals surface area (Å²) in [5.74, 6) is 0. The molecule has 0 bridgehead atoms. The van der Waals surface area contributed by atoms with Crippen LogP contribution in [0.2, 0.25) is 0 Å². The third kappa shape index (κ3) is 3.78. The summed E-state index contributed by atoms with van der Waals surface area (Å²) >= 11 is 1.85. The molecular formula is C13H23N3S. The lowest BCUT2D eigenvalue weighted by molar-refractivity contribution is 0.218. The predicted octanol–water partition coefficient (Wildman–Crippen LogP) is 1.48. The van der Waals surface area contributed by atoms with Crippen LogP contribution in [0.1, 0.15) is 18.7 Å². The molecule has 0 amide bonds. The van der Waals surface area contributed by atoms with Gasteiger partial charge in [-0.1, -0.05) is 19.9 Å². The number of hydrogen-bond donors (Lipinski definition) is 2. The van der Waals surface area contributed by atoms with Crippen LogP contribution in [0.3, 0.4) is 0 Å². The van der Waals surface area contributed by atoms with Crippen LogP contribution in [0.25, 0.3) is 0 Å².